The van der Waals surface area contributed by atoms with Crippen LogP contribution in [0.5, 0.6) is 5.75 Å². The minimum Gasteiger partial charge on any atom is -0.494 e. The van der Waals surface area contributed by atoms with Gasteiger partial charge in [0, 0.05) is 23.8 Å². The molecule has 2 aromatic rings. The first-order valence-electron chi connectivity index (χ1n) is 9.61. The van der Waals surface area contributed by atoms with Crippen LogP contribution in [0.15, 0.2) is 47.4 Å². The molecule has 1 fully saturated rings. The third kappa shape index (κ3) is 5.10. The van der Waals surface area contributed by atoms with Crippen molar-refractivity contribution in [3.8, 4) is 5.75 Å². The van der Waals surface area contributed by atoms with E-state index in [2.05, 4.69) is 5.32 Å². The van der Waals surface area contributed by atoms with Crippen molar-refractivity contribution in [2.75, 3.05) is 25.0 Å². The number of carbonyl (C=O) groups is 1. The van der Waals surface area contributed by atoms with Gasteiger partial charge >= 0.3 is 0 Å². The van der Waals surface area contributed by atoms with Crippen molar-refractivity contribution in [1.82, 2.24) is 4.31 Å². The van der Waals surface area contributed by atoms with Gasteiger partial charge in [-0.1, -0.05) is 17.7 Å². The summed E-state index contributed by atoms with van der Waals surface area (Å²) in [5, 5.41) is 3.28. The van der Waals surface area contributed by atoms with Gasteiger partial charge in [-0.3, -0.25) is 4.79 Å². The molecule has 1 amide bonds. The van der Waals surface area contributed by atoms with Crippen molar-refractivity contribution in [2.24, 2.45) is 5.92 Å². The van der Waals surface area contributed by atoms with Crippen molar-refractivity contribution >= 4 is 33.2 Å². The number of nitrogens with zero attached hydrogens (tertiary/aromatic N) is 1. The van der Waals surface area contributed by atoms with Crippen molar-refractivity contribution in [3.05, 3.63) is 53.1 Å². The average molecular weight is 437 g/mol. The molecule has 0 aliphatic carbocycles. The molecule has 0 bridgehead atoms. The molecule has 8 heteroatoms. The maximum Gasteiger partial charge on any atom is 0.243 e. The van der Waals surface area contributed by atoms with Crippen molar-refractivity contribution in [1.29, 1.82) is 0 Å². The predicted molar refractivity (Wildman–Crippen MR) is 114 cm³/mol. The molecule has 1 heterocycles. The number of rotatable bonds is 6. The molecule has 1 N–H and O–H groups in total. The molecule has 1 aliphatic rings. The normalized spacial score (nSPS) is 17.7. The highest BCUT2D eigenvalue weighted by molar-refractivity contribution is 7.89. The van der Waals surface area contributed by atoms with E-state index in [0.29, 0.717) is 36.7 Å². The smallest absolute Gasteiger partial charge is 0.243 e. The van der Waals surface area contributed by atoms with E-state index in [1.54, 1.807) is 36.4 Å². The van der Waals surface area contributed by atoms with Crippen LogP contribution in [0.2, 0.25) is 5.02 Å². The van der Waals surface area contributed by atoms with Crippen LogP contribution in [0.3, 0.4) is 0 Å². The Bertz CT molecular complexity index is 977. The van der Waals surface area contributed by atoms with Gasteiger partial charge in [0.15, 0.2) is 0 Å². The highest BCUT2D eigenvalue weighted by Crippen LogP contribution is 2.27. The molecular formula is C21H25ClN2O4S. The maximum absolute atomic E-state index is 13.0. The number of aryl methyl sites for hydroxylation is 1. The Hall–Kier alpha value is -2.09. The van der Waals surface area contributed by atoms with Crippen LogP contribution >= 0.6 is 11.6 Å². The molecule has 0 radical (unpaired) electrons. The number of benzene rings is 2. The van der Waals surface area contributed by atoms with E-state index in [1.807, 2.05) is 13.8 Å². The number of amides is 1. The lowest BCUT2D eigenvalue weighted by atomic mass is 9.99. The topological polar surface area (TPSA) is 75.7 Å². The molecule has 3 rings (SSSR count). The van der Waals surface area contributed by atoms with Crippen LogP contribution in [-0.4, -0.2) is 38.3 Å². The van der Waals surface area contributed by atoms with Gasteiger partial charge in [-0.25, -0.2) is 8.42 Å². The molecule has 1 atom stereocenters. The highest BCUT2D eigenvalue weighted by Gasteiger charge is 2.33. The molecule has 1 unspecified atom stereocenters. The second kappa shape index (κ2) is 9.15. The molecule has 0 saturated carbocycles. The van der Waals surface area contributed by atoms with Gasteiger partial charge in [0.25, 0.3) is 0 Å². The Balaban J connectivity index is 1.69. The fourth-order valence-electron chi connectivity index (χ4n) is 3.30. The van der Waals surface area contributed by atoms with Crippen LogP contribution in [0.25, 0.3) is 0 Å². The molecule has 0 aromatic heterocycles. The van der Waals surface area contributed by atoms with Crippen LogP contribution in [-0.2, 0) is 14.8 Å². The molecule has 29 heavy (non-hydrogen) atoms. The fourth-order valence-corrected chi connectivity index (χ4v) is 5.10. The van der Waals surface area contributed by atoms with Crippen LogP contribution in [0, 0.1) is 12.8 Å². The van der Waals surface area contributed by atoms with Gasteiger partial charge in [0.2, 0.25) is 15.9 Å². The largest absolute Gasteiger partial charge is 0.494 e. The molecular weight excluding hydrogens is 412 g/mol. The van der Waals surface area contributed by atoms with Gasteiger partial charge in [-0.15, -0.1) is 0 Å². The summed E-state index contributed by atoms with van der Waals surface area (Å²) in [5.74, 6) is 0.138. The molecule has 1 aliphatic heterocycles. The summed E-state index contributed by atoms with van der Waals surface area (Å²) in [4.78, 5) is 12.9. The van der Waals surface area contributed by atoms with Gasteiger partial charge < -0.3 is 10.1 Å². The van der Waals surface area contributed by atoms with Gasteiger partial charge in [-0.2, -0.15) is 4.31 Å². The quantitative estimate of drug-likeness (QED) is 0.740. The molecule has 2 aromatic carbocycles. The minimum atomic E-state index is -3.70. The van der Waals surface area contributed by atoms with Crippen molar-refractivity contribution in [3.63, 3.8) is 0 Å². The second-order valence-corrected chi connectivity index (χ2v) is 9.40. The molecule has 1 saturated heterocycles. The number of nitrogens with one attached hydrogen (secondary N) is 1. The third-order valence-electron chi connectivity index (χ3n) is 4.97. The molecule has 156 valence electrons. The number of hydrogen-bond donors (Lipinski definition) is 1. The first-order valence-corrected chi connectivity index (χ1v) is 11.4. The van der Waals surface area contributed by atoms with Gasteiger partial charge in [-0.05, 0) is 68.7 Å². The first kappa shape index (κ1) is 21.6. The number of piperidine rings is 1. The lowest BCUT2D eigenvalue weighted by Crippen LogP contribution is -2.43. The van der Waals surface area contributed by atoms with E-state index in [9.17, 15) is 13.2 Å². The van der Waals surface area contributed by atoms with E-state index in [1.165, 1.54) is 10.4 Å². The average Bonchev–Trinajstić information content (AvgIpc) is 2.71. The third-order valence-corrected chi connectivity index (χ3v) is 7.24. The Morgan fingerprint density at radius 3 is 2.62 bits per heavy atom. The van der Waals surface area contributed by atoms with Crippen LogP contribution < -0.4 is 10.1 Å². The number of anilines is 1. The summed E-state index contributed by atoms with van der Waals surface area (Å²) >= 11 is 6.10. The minimum absolute atomic E-state index is 0.149. The highest BCUT2D eigenvalue weighted by atomic mass is 35.5. The Labute approximate surface area is 176 Å². The zero-order valence-corrected chi connectivity index (χ0v) is 18.1. The first-order chi connectivity index (χ1) is 13.8. The number of hydrogen-bond acceptors (Lipinski definition) is 4. The Morgan fingerprint density at radius 1 is 1.24 bits per heavy atom. The van der Waals surface area contributed by atoms with Gasteiger partial charge in [0.05, 0.1) is 17.4 Å². The van der Waals surface area contributed by atoms with E-state index in [4.69, 9.17) is 16.3 Å². The lowest BCUT2D eigenvalue weighted by molar-refractivity contribution is -0.120. The van der Waals surface area contributed by atoms with Gasteiger partial charge in [0.1, 0.15) is 5.75 Å². The lowest BCUT2D eigenvalue weighted by Gasteiger charge is -2.31. The zero-order chi connectivity index (χ0) is 21.0. The Kier molecular flexibility index (Phi) is 6.82. The van der Waals surface area contributed by atoms with E-state index in [-0.39, 0.29) is 17.3 Å². The van der Waals surface area contributed by atoms with E-state index >= 15 is 0 Å². The number of carbonyl (C=O) groups excluding carboxylic acids is 1. The SMILES string of the molecule is CCOc1ccc(NC(=O)C2CCCN(S(=O)(=O)c3ccc(C)c(Cl)c3)C2)cc1. The van der Waals surface area contributed by atoms with Crippen molar-refractivity contribution in [2.45, 2.75) is 31.6 Å². The molecule has 6 nitrogen and oxygen atoms in total. The summed E-state index contributed by atoms with van der Waals surface area (Å²) in [7, 11) is -3.70. The second-order valence-electron chi connectivity index (χ2n) is 7.06. The maximum atomic E-state index is 13.0. The van der Waals surface area contributed by atoms with E-state index < -0.39 is 15.9 Å². The fraction of sp³-hybridized carbons (Fsp3) is 0.381. The standard InChI is InChI=1S/C21H25ClN2O4S/c1-3-28-18-9-7-17(8-10-18)23-21(25)16-5-4-12-24(14-16)29(26,27)19-11-6-15(2)20(22)13-19/h6-11,13,16H,3-5,12,14H2,1-2H3,(H,23,25). The summed E-state index contributed by atoms with van der Waals surface area (Å²) in [6.45, 7) is 4.84. The van der Waals surface area contributed by atoms with Crippen molar-refractivity contribution < 1.29 is 17.9 Å². The monoisotopic (exact) mass is 436 g/mol. The van der Waals surface area contributed by atoms with E-state index in [0.717, 1.165) is 11.3 Å². The summed E-state index contributed by atoms with van der Waals surface area (Å²) in [5.41, 5.74) is 1.47. The summed E-state index contributed by atoms with van der Waals surface area (Å²) < 4.78 is 32.8. The van der Waals surface area contributed by atoms with Crippen LogP contribution in [0.1, 0.15) is 25.3 Å². The number of ether oxygens (including phenoxy) is 1. The predicted octanol–water partition coefficient (Wildman–Crippen LogP) is 4.09. The number of sulfonamides is 1. The molecule has 0 spiro atoms. The van der Waals surface area contributed by atoms with Crippen LogP contribution in [0.4, 0.5) is 5.69 Å². The summed E-state index contributed by atoms with van der Waals surface area (Å²) in [6.07, 6.45) is 1.27. The zero-order valence-electron chi connectivity index (χ0n) is 16.5. The summed E-state index contributed by atoms with van der Waals surface area (Å²) in [6, 6.07) is 11.8. The number of halogens is 1. The Morgan fingerprint density at radius 2 is 1.97 bits per heavy atom.